The zero-order valence-electron chi connectivity index (χ0n) is 7.73. The summed E-state index contributed by atoms with van der Waals surface area (Å²) in [5.41, 5.74) is 0. The van der Waals surface area contributed by atoms with Crippen LogP contribution >= 0.6 is 0 Å². The van der Waals surface area contributed by atoms with Gasteiger partial charge in [0.1, 0.15) is 0 Å². The average molecular weight is 167 g/mol. The molecule has 12 heavy (non-hydrogen) atoms. The second-order valence-electron chi connectivity index (χ2n) is 3.17. The highest BCUT2D eigenvalue weighted by Crippen LogP contribution is 2.15. The Bertz CT molecular complexity index is 162. The lowest BCUT2D eigenvalue weighted by molar-refractivity contribution is 0.0567. The Morgan fingerprint density at radius 2 is 2.42 bits per heavy atom. The molecule has 2 nitrogen and oxygen atoms in total. The molecule has 0 spiro atoms. The second-order valence-corrected chi connectivity index (χ2v) is 3.17. The molecule has 68 valence electrons. The van der Waals surface area contributed by atoms with Crippen molar-refractivity contribution in [2.24, 2.45) is 5.92 Å². The van der Waals surface area contributed by atoms with E-state index in [-0.39, 0.29) is 0 Å². The third-order valence-corrected chi connectivity index (χ3v) is 2.04. The topological polar surface area (TPSA) is 21.3 Å². The van der Waals surface area contributed by atoms with E-state index in [1.54, 1.807) is 0 Å². The molecule has 1 unspecified atom stereocenters. The molecule has 0 saturated carbocycles. The van der Waals surface area contributed by atoms with Crippen LogP contribution in [0.4, 0.5) is 0 Å². The highest BCUT2D eigenvalue weighted by molar-refractivity contribution is 5.01. The van der Waals surface area contributed by atoms with Gasteiger partial charge in [-0.3, -0.25) is 0 Å². The van der Waals surface area contributed by atoms with E-state index in [0.717, 1.165) is 26.2 Å². The van der Waals surface area contributed by atoms with Crippen molar-refractivity contribution in [3.63, 3.8) is 0 Å². The van der Waals surface area contributed by atoms with Crippen molar-refractivity contribution in [2.45, 2.75) is 19.3 Å². The zero-order valence-corrected chi connectivity index (χ0v) is 7.73. The summed E-state index contributed by atoms with van der Waals surface area (Å²) < 4.78 is 5.36. The molecule has 1 atom stereocenters. The lowest BCUT2D eigenvalue weighted by atomic mass is 9.99. The molecular formula is C10H17NO. The molecule has 2 heteroatoms. The Hall–Kier alpha value is -0.520. The van der Waals surface area contributed by atoms with Crippen LogP contribution in [0.15, 0.2) is 0 Å². The van der Waals surface area contributed by atoms with Crippen LogP contribution < -0.4 is 5.32 Å². The average Bonchev–Trinajstić information content (AvgIpc) is 2.14. The monoisotopic (exact) mass is 167 g/mol. The van der Waals surface area contributed by atoms with Crippen LogP contribution in [0.3, 0.4) is 0 Å². The first kappa shape index (κ1) is 9.57. The van der Waals surface area contributed by atoms with Crippen molar-refractivity contribution < 1.29 is 4.74 Å². The number of rotatable bonds is 2. The van der Waals surface area contributed by atoms with Gasteiger partial charge in [0.15, 0.2) is 0 Å². The highest BCUT2D eigenvalue weighted by atomic mass is 16.5. The summed E-state index contributed by atoms with van der Waals surface area (Å²) in [7, 11) is 1.92. The van der Waals surface area contributed by atoms with E-state index in [0.29, 0.717) is 5.92 Å². The number of ether oxygens (including phenoxy) is 1. The fourth-order valence-corrected chi connectivity index (χ4v) is 1.34. The van der Waals surface area contributed by atoms with E-state index in [2.05, 4.69) is 17.2 Å². The maximum absolute atomic E-state index is 5.36. The minimum Gasteiger partial charge on any atom is -0.381 e. The molecule has 0 aliphatic carbocycles. The molecular weight excluding hydrogens is 150 g/mol. The van der Waals surface area contributed by atoms with Crippen LogP contribution in [0.25, 0.3) is 0 Å². The SMILES string of the molecule is CNCC#CCC1CCCOC1. The third-order valence-electron chi connectivity index (χ3n) is 2.04. The van der Waals surface area contributed by atoms with E-state index in [1.807, 2.05) is 7.05 Å². The fraction of sp³-hybridized carbons (Fsp3) is 0.800. The van der Waals surface area contributed by atoms with Gasteiger partial charge < -0.3 is 10.1 Å². The van der Waals surface area contributed by atoms with Crippen molar-refractivity contribution in [1.82, 2.24) is 5.32 Å². The molecule has 1 aliphatic heterocycles. The van der Waals surface area contributed by atoms with Crippen molar-refractivity contribution in [3.8, 4) is 11.8 Å². The van der Waals surface area contributed by atoms with Gasteiger partial charge in [0.05, 0.1) is 13.2 Å². The molecule has 0 radical (unpaired) electrons. The van der Waals surface area contributed by atoms with E-state index in [9.17, 15) is 0 Å². The molecule has 1 rings (SSSR count). The summed E-state index contributed by atoms with van der Waals surface area (Å²) in [6.07, 6.45) is 3.49. The molecule has 1 heterocycles. The highest BCUT2D eigenvalue weighted by Gasteiger charge is 2.11. The quantitative estimate of drug-likeness (QED) is 0.620. The molecule has 1 saturated heterocycles. The van der Waals surface area contributed by atoms with Crippen molar-refractivity contribution in [2.75, 3.05) is 26.8 Å². The summed E-state index contributed by atoms with van der Waals surface area (Å²) in [5.74, 6) is 6.91. The van der Waals surface area contributed by atoms with Crippen LogP contribution in [-0.2, 0) is 4.74 Å². The van der Waals surface area contributed by atoms with Gasteiger partial charge >= 0.3 is 0 Å². The fourth-order valence-electron chi connectivity index (χ4n) is 1.34. The summed E-state index contributed by atoms with van der Waals surface area (Å²) >= 11 is 0. The van der Waals surface area contributed by atoms with E-state index in [4.69, 9.17) is 4.74 Å². The lowest BCUT2D eigenvalue weighted by Gasteiger charge is -2.19. The van der Waals surface area contributed by atoms with Crippen LogP contribution in [0.2, 0.25) is 0 Å². The first-order valence-corrected chi connectivity index (χ1v) is 4.61. The largest absolute Gasteiger partial charge is 0.381 e. The Morgan fingerprint density at radius 1 is 1.50 bits per heavy atom. The molecule has 0 aromatic carbocycles. The van der Waals surface area contributed by atoms with Crippen LogP contribution in [-0.4, -0.2) is 26.8 Å². The van der Waals surface area contributed by atoms with Gasteiger partial charge in [0, 0.05) is 13.0 Å². The van der Waals surface area contributed by atoms with Crippen molar-refractivity contribution in [3.05, 3.63) is 0 Å². The van der Waals surface area contributed by atoms with Gasteiger partial charge in [-0.05, 0) is 25.8 Å². The van der Waals surface area contributed by atoms with E-state index in [1.165, 1.54) is 12.8 Å². The zero-order chi connectivity index (χ0) is 8.65. The molecule has 0 aromatic heterocycles. The van der Waals surface area contributed by atoms with Crippen molar-refractivity contribution >= 4 is 0 Å². The standard InChI is InChI=1S/C10H17NO/c1-11-7-3-2-5-10-6-4-8-12-9-10/h10-11H,4-9H2,1H3. The molecule has 1 N–H and O–H groups in total. The minimum atomic E-state index is 0.683. The van der Waals surface area contributed by atoms with Gasteiger partial charge in [0.2, 0.25) is 0 Å². The van der Waals surface area contributed by atoms with Gasteiger partial charge in [0.25, 0.3) is 0 Å². The molecule has 0 amide bonds. The Morgan fingerprint density at radius 3 is 3.08 bits per heavy atom. The maximum atomic E-state index is 5.36. The predicted molar refractivity (Wildman–Crippen MR) is 49.9 cm³/mol. The van der Waals surface area contributed by atoms with Gasteiger partial charge in [-0.15, -0.1) is 5.92 Å². The van der Waals surface area contributed by atoms with E-state index >= 15 is 0 Å². The maximum Gasteiger partial charge on any atom is 0.0574 e. The van der Waals surface area contributed by atoms with E-state index < -0.39 is 0 Å². The number of nitrogens with one attached hydrogen (secondary N) is 1. The molecule has 0 bridgehead atoms. The minimum absolute atomic E-state index is 0.683. The third kappa shape index (κ3) is 3.75. The molecule has 1 aliphatic rings. The Labute approximate surface area is 74.7 Å². The number of hydrogen-bond donors (Lipinski definition) is 1. The normalized spacial score (nSPS) is 22.9. The summed E-state index contributed by atoms with van der Waals surface area (Å²) in [6, 6.07) is 0. The van der Waals surface area contributed by atoms with Crippen LogP contribution in [0, 0.1) is 17.8 Å². The first-order chi connectivity index (χ1) is 5.93. The van der Waals surface area contributed by atoms with Crippen LogP contribution in [0.1, 0.15) is 19.3 Å². The summed E-state index contributed by atoms with van der Waals surface area (Å²) in [4.78, 5) is 0. The smallest absolute Gasteiger partial charge is 0.0574 e. The summed E-state index contributed by atoms with van der Waals surface area (Å²) in [5, 5.41) is 3.00. The summed E-state index contributed by atoms with van der Waals surface area (Å²) in [6.45, 7) is 2.66. The van der Waals surface area contributed by atoms with Crippen molar-refractivity contribution in [1.29, 1.82) is 0 Å². The van der Waals surface area contributed by atoms with Gasteiger partial charge in [-0.25, -0.2) is 0 Å². The van der Waals surface area contributed by atoms with Gasteiger partial charge in [-0.1, -0.05) is 5.92 Å². The number of hydrogen-bond acceptors (Lipinski definition) is 2. The predicted octanol–water partition coefficient (Wildman–Crippen LogP) is 1.03. The molecule has 0 aromatic rings. The Kier molecular flexibility index (Phi) is 4.82. The second kappa shape index (κ2) is 6.05. The lowest BCUT2D eigenvalue weighted by Crippen LogP contribution is -2.16. The van der Waals surface area contributed by atoms with Crippen LogP contribution in [0.5, 0.6) is 0 Å². The Balaban J connectivity index is 2.09. The molecule has 1 fully saturated rings. The van der Waals surface area contributed by atoms with Gasteiger partial charge in [-0.2, -0.15) is 0 Å². The first-order valence-electron chi connectivity index (χ1n) is 4.61.